The highest BCUT2D eigenvalue weighted by atomic mass is 16.5. The summed E-state index contributed by atoms with van der Waals surface area (Å²) in [6.45, 7) is 0. The molecule has 1 heterocycles. The number of hydrogen-bond acceptors (Lipinski definition) is 3. The monoisotopic (exact) mass is 225 g/mol. The molecule has 3 heteroatoms. The van der Waals surface area contributed by atoms with Gasteiger partial charge in [-0.15, -0.1) is 6.42 Å². The number of terminal acetylenes is 1. The molecular weight excluding hydrogens is 214 g/mol. The van der Waals surface area contributed by atoms with E-state index >= 15 is 0 Å². The third-order valence-corrected chi connectivity index (χ3v) is 2.18. The van der Waals surface area contributed by atoms with Gasteiger partial charge < -0.3 is 9.47 Å². The summed E-state index contributed by atoms with van der Waals surface area (Å²) < 4.78 is 10.6. The molecule has 0 amide bonds. The summed E-state index contributed by atoms with van der Waals surface area (Å²) in [6.07, 6.45) is 6.84. The van der Waals surface area contributed by atoms with Crippen LogP contribution in [0.2, 0.25) is 0 Å². The molecule has 0 saturated heterocycles. The number of hydrogen-bond donors (Lipinski definition) is 0. The summed E-state index contributed by atoms with van der Waals surface area (Å²) in [7, 11) is 1.62. The second kappa shape index (κ2) is 5.04. The molecule has 2 rings (SSSR count). The first-order valence-corrected chi connectivity index (χ1v) is 5.06. The van der Waals surface area contributed by atoms with Crippen molar-refractivity contribution in [2.24, 2.45) is 0 Å². The fourth-order valence-corrected chi connectivity index (χ4v) is 1.29. The second-order valence-electron chi connectivity index (χ2n) is 3.31. The van der Waals surface area contributed by atoms with E-state index in [0.717, 1.165) is 11.3 Å². The average Bonchev–Trinajstić information content (AvgIpc) is 2.40. The molecule has 0 unspecified atom stereocenters. The second-order valence-corrected chi connectivity index (χ2v) is 3.31. The Morgan fingerprint density at radius 1 is 1.06 bits per heavy atom. The van der Waals surface area contributed by atoms with Crippen LogP contribution in [0.25, 0.3) is 0 Å². The molecule has 0 atom stereocenters. The highest BCUT2D eigenvalue weighted by Crippen LogP contribution is 2.22. The van der Waals surface area contributed by atoms with Crippen molar-refractivity contribution in [3.8, 4) is 29.7 Å². The van der Waals surface area contributed by atoms with Crippen molar-refractivity contribution in [2.75, 3.05) is 7.11 Å². The Kier molecular flexibility index (Phi) is 3.27. The van der Waals surface area contributed by atoms with Gasteiger partial charge in [0.05, 0.1) is 7.11 Å². The molecule has 0 aliphatic carbocycles. The van der Waals surface area contributed by atoms with E-state index in [1.165, 1.54) is 0 Å². The van der Waals surface area contributed by atoms with Gasteiger partial charge in [-0.05, 0) is 30.3 Å². The van der Waals surface area contributed by atoms with Gasteiger partial charge in [0.25, 0.3) is 0 Å². The summed E-state index contributed by atoms with van der Waals surface area (Å²) in [4.78, 5) is 4.09. The molecule has 0 fully saturated rings. The zero-order valence-electron chi connectivity index (χ0n) is 9.38. The van der Waals surface area contributed by atoms with Gasteiger partial charge in [0.15, 0.2) is 0 Å². The Balaban J connectivity index is 2.11. The standard InChI is InChI=1S/C14H11NO2/c1-3-11-4-9-14(15-10-11)17-13-7-5-12(16-2)6-8-13/h1,4-10H,2H3. The van der Waals surface area contributed by atoms with Crippen LogP contribution in [0.5, 0.6) is 17.4 Å². The van der Waals surface area contributed by atoms with Gasteiger partial charge in [0.2, 0.25) is 5.88 Å². The van der Waals surface area contributed by atoms with Crippen molar-refractivity contribution >= 4 is 0 Å². The Bertz CT molecular complexity index is 524. The fourth-order valence-electron chi connectivity index (χ4n) is 1.29. The van der Waals surface area contributed by atoms with Crippen LogP contribution in [-0.4, -0.2) is 12.1 Å². The number of ether oxygens (including phenoxy) is 2. The van der Waals surface area contributed by atoms with E-state index < -0.39 is 0 Å². The first-order chi connectivity index (χ1) is 8.31. The quantitative estimate of drug-likeness (QED) is 0.753. The number of aromatic nitrogens is 1. The van der Waals surface area contributed by atoms with Crippen molar-refractivity contribution in [2.45, 2.75) is 0 Å². The maximum atomic E-state index is 5.54. The average molecular weight is 225 g/mol. The third kappa shape index (κ3) is 2.76. The van der Waals surface area contributed by atoms with E-state index in [1.54, 1.807) is 25.4 Å². The number of nitrogens with zero attached hydrogens (tertiary/aromatic N) is 1. The highest BCUT2D eigenvalue weighted by molar-refractivity contribution is 5.35. The van der Waals surface area contributed by atoms with Crippen LogP contribution in [0.1, 0.15) is 5.56 Å². The van der Waals surface area contributed by atoms with Crippen LogP contribution in [0.15, 0.2) is 42.6 Å². The van der Waals surface area contributed by atoms with Crippen LogP contribution < -0.4 is 9.47 Å². The lowest BCUT2D eigenvalue weighted by atomic mass is 10.3. The predicted octanol–water partition coefficient (Wildman–Crippen LogP) is 2.86. The zero-order chi connectivity index (χ0) is 12.1. The lowest BCUT2D eigenvalue weighted by molar-refractivity contribution is 0.412. The SMILES string of the molecule is C#Cc1ccc(Oc2ccc(OC)cc2)nc1. The first-order valence-electron chi connectivity index (χ1n) is 5.06. The minimum atomic E-state index is 0.508. The van der Waals surface area contributed by atoms with Gasteiger partial charge in [-0.25, -0.2) is 4.98 Å². The van der Waals surface area contributed by atoms with Crippen LogP contribution in [0, 0.1) is 12.3 Å². The number of pyridine rings is 1. The summed E-state index contributed by atoms with van der Waals surface area (Å²) >= 11 is 0. The minimum Gasteiger partial charge on any atom is -0.497 e. The predicted molar refractivity (Wildman–Crippen MR) is 65.2 cm³/mol. The molecule has 1 aromatic heterocycles. The molecule has 0 spiro atoms. The lowest BCUT2D eigenvalue weighted by Gasteiger charge is -2.05. The summed E-state index contributed by atoms with van der Waals surface area (Å²) in [5.74, 6) is 4.49. The van der Waals surface area contributed by atoms with E-state index in [-0.39, 0.29) is 0 Å². The molecule has 1 aromatic carbocycles. The van der Waals surface area contributed by atoms with Crippen molar-refractivity contribution in [1.82, 2.24) is 4.98 Å². The van der Waals surface area contributed by atoms with Gasteiger partial charge >= 0.3 is 0 Å². The summed E-state index contributed by atoms with van der Waals surface area (Å²) in [5.41, 5.74) is 0.729. The van der Waals surface area contributed by atoms with E-state index in [9.17, 15) is 0 Å². The molecule has 0 saturated carbocycles. The minimum absolute atomic E-state index is 0.508. The van der Waals surface area contributed by atoms with Gasteiger partial charge in [-0.3, -0.25) is 0 Å². The maximum Gasteiger partial charge on any atom is 0.219 e. The topological polar surface area (TPSA) is 31.4 Å². The van der Waals surface area contributed by atoms with E-state index in [4.69, 9.17) is 15.9 Å². The van der Waals surface area contributed by atoms with Gasteiger partial charge in [-0.1, -0.05) is 5.92 Å². The molecular formula is C14H11NO2. The Morgan fingerprint density at radius 2 is 1.76 bits per heavy atom. The largest absolute Gasteiger partial charge is 0.497 e. The van der Waals surface area contributed by atoms with Crippen molar-refractivity contribution in [3.63, 3.8) is 0 Å². The molecule has 0 radical (unpaired) electrons. The molecule has 0 N–H and O–H groups in total. The first kappa shape index (κ1) is 11.0. The molecule has 0 aliphatic rings. The van der Waals surface area contributed by atoms with Crippen molar-refractivity contribution < 1.29 is 9.47 Å². The van der Waals surface area contributed by atoms with E-state index in [1.807, 2.05) is 24.3 Å². The van der Waals surface area contributed by atoms with Gasteiger partial charge in [0.1, 0.15) is 11.5 Å². The summed E-state index contributed by atoms with van der Waals surface area (Å²) in [6, 6.07) is 10.8. The number of benzene rings is 1. The number of rotatable bonds is 3. The Labute approximate surface area is 100 Å². The molecule has 0 aliphatic heterocycles. The molecule has 84 valence electrons. The van der Waals surface area contributed by atoms with Crippen LogP contribution in [0.3, 0.4) is 0 Å². The normalized spacial score (nSPS) is 9.41. The van der Waals surface area contributed by atoms with Gasteiger partial charge in [0, 0.05) is 17.8 Å². The maximum absolute atomic E-state index is 5.54. The molecule has 3 nitrogen and oxygen atoms in total. The van der Waals surface area contributed by atoms with Crippen LogP contribution in [0.4, 0.5) is 0 Å². The number of methoxy groups -OCH3 is 1. The van der Waals surface area contributed by atoms with Crippen molar-refractivity contribution in [1.29, 1.82) is 0 Å². The van der Waals surface area contributed by atoms with Crippen molar-refractivity contribution in [3.05, 3.63) is 48.2 Å². The smallest absolute Gasteiger partial charge is 0.219 e. The molecule has 17 heavy (non-hydrogen) atoms. The van der Waals surface area contributed by atoms with E-state index in [0.29, 0.717) is 11.6 Å². The highest BCUT2D eigenvalue weighted by Gasteiger charge is 1.99. The van der Waals surface area contributed by atoms with Gasteiger partial charge in [-0.2, -0.15) is 0 Å². The van der Waals surface area contributed by atoms with Crippen LogP contribution in [-0.2, 0) is 0 Å². The van der Waals surface area contributed by atoms with Crippen LogP contribution >= 0.6 is 0 Å². The molecule has 2 aromatic rings. The zero-order valence-corrected chi connectivity index (χ0v) is 9.38. The third-order valence-electron chi connectivity index (χ3n) is 2.18. The Morgan fingerprint density at radius 3 is 2.29 bits per heavy atom. The van der Waals surface area contributed by atoms with E-state index in [2.05, 4.69) is 10.9 Å². The molecule has 0 bridgehead atoms. The fraction of sp³-hybridized carbons (Fsp3) is 0.0714. The summed E-state index contributed by atoms with van der Waals surface area (Å²) in [5, 5.41) is 0. The lowest BCUT2D eigenvalue weighted by Crippen LogP contribution is -1.88. The Hall–Kier alpha value is -2.47.